The Kier molecular flexibility index (Phi) is 3.76. The monoisotopic (exact) mass is 142 g/mol. The Balaban J connectivity index is 1.91. The van der Waals surface area contributed by atoms with Crippen molar-refractivity contribution in [1.29, 1.82) is 0 Å². The summed E-state index contributed by atoms with van der Waals surface area (Å²) in [6, 6.07) is 0. The first kappa shape index (κ1) is 8.02. The average Bonchev–Trinajstić information content (AvgIpc) is 2.41. The van der Waals surface area contributed by atoms with Crippen molar-refractivity contribution >= 4 is 0 Å². The molecule has 0 aromatic carbocycles. The van der Waals surface area contributed by atoms with Crippen LogP contribution in [-0.4, -0.2) is 19.6 Å². The molecule has 1 saturated heterocycles. The van der Waals surface area contributed by atoms with Gasteiger partial charge >= 0.3 is 0 Å². The van der Waals surface area contributed by atoms with Crippen LogP contribution in [0, 0.1) is 5.92 Å². The molecule has 0 aromatic heterocycles. The lowest BCUT2D eigenvalue weighted by atomic mass is 10.0. The second-order valence-electron chi connectivity index (χ2n) is 3.14. The van der Waals surface area contributed by atoms with E-state index in [-0.39, 0.29) is 0 Å². The summed E-state index contributed by atoms with van der Waals surface area (Å²) in [7, 11) is 0. The topological polar surface area (TPSA) is 38.0 Å². The lowest BCUT2D eigenvalue weighted by molar-refractivity contribution is 0.500. The molecule has 2 heteroatoms. The number of unbranched alkanes of at least 4 members (excludes halogenated alkanes) is 1. The highest BCUT2D eigenvalue weighted by Crippen LogP contribution is 2.14. The van der Waals surface area contributed by atoms with Crippen molar-refractivity contribution in [2.24, 2.45) is 11.7 Å². The molecule has 2 nitrogen and oxygen atoms in total. The summed E-state index contributed by atoms with van der Waals surface area (Å²) >= 11 is 0. The number of nitrogens with one attached hydrogen (secondary N) is 1. The summed E-state index contributed by atoms with van der Waals surface area (Å²) in [4.78, 5) is 0. The van der Waals surface area contributed by atoms with E-state index in [1.54, 1.807) is 0 Å². The highest BCUT2D eigenvalue weighted by atomic mass is 14.9. The molecule has 0 bridgehead atoms. The van der Waals surface area contributed by atoms with Crippen LogP contribution in [0.1, 0.15) is 25.7 Å². The Morgan fingerprint density at radius 1 is 1.40 bits per heavy atom. The van der Waals surface area contributed by atoms with Gasteiger partial charge in [-0.15, -0.1) is 0 Å². The molecular formula is C8H18N2. The van der Waals surface area contributed by atoms with E-state index in [4.69, 9.17) is 5.73 Å². The summed E-state index contributed by atoms with van der Waals surface area (Å²) in [6.07, 6.45) is 5.29. The van der Waals surface area contributed by atoms with Gasteiger partial charge in [0.25, 0.3) is 0 Å². The summed E-state index contributed by atoms with van der Waals surface area (Å²) in [6.45, 7) is 3.33. The van der Waals surface area contributed by atoms with Crippen molar-refractivity contribution in [2.75, 3.05) is 19.6 Å². The minimum atomic E-state index is 0.861. The number of rotatable bonds is 4. The van der Waals surface area contributed by atoms with E-state index >= 15 is 0 Å². The van der Waals surface area contributed by atoms with Crippen LogP contribution in [-0.2, 0) is 0 Å². The van der Waals surface area contributed by atoms with Gasteiger partial charge in [0.05, 0.1) is 0 Å². The van der Waals surface area contributed by atoms with Crippen molar-refractivity contribution in [1.82, 2.24) is 5.32 Å². The lowest BCUT2D eigenvalue weighted by Gasteiger charge is -2.05. The molecule has 0 aliphatic carbocycles. The molecule has 0 amide bonds. The van der Waals surface area contributed by atoms with Gasteiger partial charge in [0.2, 0.25) is 0 Å². The van der Waals surface area contributed by atoms with Gasteiger partial charge in [0, 0.05) is 0 Å². The quantitative estimate of drug-likeness (QED) is 0.568. The summed E-state index contributed by atoms with van der Waals surface area (Å²) in [5.74, 6) is 0.951. The lowest BCUT2D eigenvalue weighted by Crippen LogP contribution is -2.09. The van der Waals surface area contributed by atoms with Crippen LogP contribution < -0.4 is 11.1 Å². The smallest absolute Gasteiger partial charge is 0.00200 e. The van der Waals surface area contributed by atoms with Crippen molar-refractivity contribution in [3.8, 4) is 0 Å². The predicted octanol–water partition coefficient (Wildman–Crippen LogP) is 0.725. The summed E-state index contributed by atoms with van der Waals surface area (Å²) in [5.41, 5.74) is 5.40. The zero-order valence-electron chi connectivity index (χ0n) is 6.60. The SMILES string of the molecule is NCCCCC1CCNC1. The van der Waals surface area contributed by atoms with E-state index in [2.05, 4.69) is 5.32 Å². The van der Waals surface area contributed by atoms with E-state index in [1.165, 1.54) is 38.8 Å². The van der Waals surface area contributed by atoms with E-state index < -0.39 is 0 Å². The largest absolute Gasteiger partial charge is 0.330 e. The van der Waals surface area contributed by atoms with Gasteiger partial charge in [-0.1, -0.05) is 6.42 Å². The van der Waals surface area contributed by atoms with Crippen LogP contribution in [0.25, 0.3) is 0 Å². The first-order valence-corrected chi connectivity index (χ1v) is 4.34. The van der Waals surface area contributed by atoms with Crippen LogP contribution in [0.3, 0.4) is 0 Å². The minimum Gasteiger partial charge on any atom is -0.330 e. The summed E-state index contributed by atoms with van der Waals surface area (Å²) in [5, 5.41) is 3.37. The third kappa shape index (κ3) is 2.67. The number of hydrogen-bond donors (Lipinski definition) is 2. The fourth-order valence-corrected chi connectivity index (χ4v) is 1.54. The van der Waals surface area contributed by atoms with Crippen LogP contribution >= 0.6 is 0 Å². The summed E-state index contributed by atoms with van der Waals surface area (Å²) < 4.78 is 0. The molecule has 0 spiro atoms. The van der Waals surface area contributed by atoms with Gasteiger partial charge in [-0.2, -0.15) is 0 Å². The van der Waals surface area contributed by atoms with Crippen LogP contribution in [0.5, 0.6) is 0 Å². The third-order valence-electron chi connectivity index (χ3n) is 2.23. The van der Waals surface area contributed by atoms with Crippen LogP contribution in [0.2, 0.25) is 0 Å². The second-order valence-corrected chi connectivity index (χ2v) is 3.14. The molecule has 60 valence electrons. The maximum absolute atomic E-state index is 5.40. The van der Waals surface area contributed by atoms with Gasteiger partial charge in [0.1, 0.15) is 0 Å². The minimum absolute atomic E-state index is 0.861. The van der Waals surface area contributed by atoms with E-state index in [0.717, 1.165) is 12.5 Å². The van der Waals surface area contributed by atoms with Crippen molar-refractivity contribution in [2.45, 2.75) is 25.7 Å². The molecule has 1 fully saturated rings. The number of hydrogen-bond acceptors (Lipinski definition) is 2. The molecule has 1 atom stereocenters. The molecule has 1 rings (SSSR count). The molecular weight excluding hydrogens is 124 g/mol. The predicted molar refractivity (Wildman–Crippen MR) is 43.9 cm³/mol. The maximum Gasteiger partial charge on any atom is -0.00200 e. The molecule has 3 N–H and O–H groups in total. The molecule has 1 unspecified atom stereocenters. The zero-order valence-corrected chi connectivity index (χ0v) is 6.60. The Morgan fingerprint density at radius 3 is 2.90 bits per heavy atom. The van der Waals surface area contributed by atoms with Gasteiger partial charge in [-0.05, 0) is 44.8 Å². The molecule has 1 heterocycles. The van der Waals surface area contributed by atoms with Crippen molar-refractivity contribution in [3.63, 3.8) is 0 Å². The van der Waals surface area contributed by atoms with Crippen LogP contribution in [0.4, 0.5) is 0 Å². The standard InChI is InChI=1S/C8H18N2/c9-5-2-1-3-8-4-6-10-7-8/h8,10H,1-7,9H2. The second kappa shape index (κ2) is 4.69. The Labute approximate surface area is 63.2 Å². The fourth-order valence-electron chi connectivity index (χ4n) is 1.54. The Morgan fingerprint density at radius 2 is 2.30 bits per heavy atom. The van der Waals surface area contributed by atoms with E-state index in [1.807, 2.05) is 0 Å². The van der Waals surface area contributed by atoms with Crippen LogP contribution in [0.15, 0.2) is 0 Å². The molecule has 0 aromatic rings. The van der Waals surface area contributed by atoms with Gasteiger partial charge < -0.3 is 11.1 Å². The van der Waals surface area contributed by atoms with E-state index in [9.17, 15) is 0 Å². The molecule has 0 radical (unpaired) electrons. The third-order valence-corrected chi connectivity index (χ3v) is 2.23. The number of nitrogens with two attached hydrogens (primary N) is 1. The zero-order chi connectivity index (χ0) is 7.23. The highest BCUT2D eigenvalue weighted by molar-refractivity contribution is 4.70. The Hall–Kier alpha value is -0.0800. The Bertz CT molecular complexity index is 77.3. The normalized spacial score (nSPS) is 25.5. The first-order chi connectivity index (χ1) is 4.93. The van der Waals surface area contributed by atoms with Gasteiger partial charge in [-0.3, -0.25) is 0 Å². The highest BCUT2D eigenvalue weighted by Gasteiger charge is 2.12. The van der Waals surface area contributed by atoms with Crippen molar-refractivity contribution < 1.29 is 0 Å². The van der Waals surface area contributed by atoms with E-state index in [0.29, 0.717) is 0 Å². The maximum atomic E-state index is 5.40. The van der Waals surface area contributed by atoms with Gasteiger partial charge in [-0.25, -0.2) is 0 Å². The fraction of sp³-hybridized carbons (Fsp3) is 1.00. The molecule has 1 aliphatic heterocycles. The van der Waals surface area contributed by atoms with Gasteiger partial charge in [0.15, 0.2) is 0 Å². The molecule has 0 saturated carbocycles. The first-order valence-electron chi connectivity index (χ1n) is 4.34. The molecule has 1 aliphatic rings. The average molecular weight is 142 g/mol. The molecule has 10 heavy (non-hydrogen) atoms. The van der Waals surface area contributed by atoms with Crippen molar-refractivity contribution in [3.05, 3.63) is 0 Å².